The molecule has 20 heavy (non-hydrogen) atoms. The molecule has 0 aromatic rings. The van der Waals surface area contributed by atoms with Crippen LogP contribution < -0.4 is 10.6 Å². The van der Waals surface area contributed by atoms with Crippen molar-refractivity contribution in [2.24, 2.45) is 10.9 Å². The van der Waals surface area contributed by atoms with Gasteiger partial charge in [-0.2, -0.15) is 0 Å². The summed E-state index contributed by atoms with van der Waals surface area (Å²) < 4.78 is 0. The molecule has 1 unspecified atom stereocenters. The maximum Gasteiger partial charge on any atom is 0.191 e. The van der Waals surface area contributed by atoms with Gasteiger partial charge >= 0.3 is 0 Å². The Morgan fingerprint density at radius 2 is 1.90 bits per heavy atom. The molecule has 1 saturated carbocycles. The number of nitrogens with one attached hydrogen (secondary N) is 2. The fourth-order valence-electron chi connectivity index (χ4n) is 2.77. The second-order valence-electron chi connectivity index (χ2n) is 6.59. The second kappa shape index (κ2) is 9.22. The first-order chi connectivity index (χ1) is 9.52. The summed E-state index contributed by atoms with van der Waals surface area (Å²) in [5.41, 5.74) is 0. The summed E-state index contributed by atoms with van der Waals surface area (Å²) in [7, 11) is 4.31. The van der Waals surface area contributed by atoms with Crippen molar-refractivity contribution in [3.8, 4) is 0 Å². The zero-order chi connectivity index (χ0) is 15.0. The lowest BCUT2D eigenvalue weighted by molar-refractivity contribution is 0.261. The van der Waals surface area contributed by atoms with Crippen molar-refractivity contribution in [2.45, 2.75) is 65.0 Å². The topological polar surface area (TPSA) is 39.7 Å². The highest BCUT2D eigenvalue weighted by atomic mass is 15.2. The van der Waals surface area contributed by atoms with Crippen molar-refractivity contribution >= 4 is 5.96 Å². The molecule has 1 aliphatic rings. The molecule has 0 spiro atoms. The molecular formula is C16H34N4. The third-order valence-corrected chi connectivity index (χ3v) is 3.97. The highest BCUT2D eigenvalue weighted by Crippen LogP contribution is 2.17. The Morgan fingerprint density at radius 1 is 1.25 bits per heavy atom. The average Bonchev–Trinajstić information content (AvgIpc) is 2.86. The van der Waals surface area contributed by atoms with Crippen LogP contribution in [0.3, 0.4) is 0 Å². The van der Waals surface area contributed by atoms with Crippen LogP contribution in [-0.4, -0.2) is 50.1 Å². The standard InChI is InChI=1S/C16H34N4/c1-6-17-16(19-14-9-7-8-10-14)18-12-15(20(4)5)11-13(2)3/h13-15H,6-12H2,1-5H3,(H2,17,18,19). The molecule has 1 atom stereocenters. The first-order valence-corrected chi connectivity index (χ1v) is 8.24. The minimum absolute atomic E-state index is 0.522. The minimum atomic E-state index is 0.522. The van der Waals surface area contributed by atoms with Crippen LogP contribution in [0.5, 0.6) is 0 Å². The fraction of sp³-hybridized carbons (Fsp3) is 0.938. The molecule has 1 aliphatic carbocycles. The van der Waals surface area contributed by atoms with Gasteiger partial charge in [0.25, 0.3) is 0 Å². The predicted octanol–water partition coefficient (Wildman–Crippen LogP) is 2.46. The Labute approximate surface area is 125 Å². The maximum absolute atomic E-state index is 4.80. The monoisotopic (exact) mass is 282 g/mol. The van der Waals surface area contributed by atoms with Gasteiger partial charge in [0.15, 0.2) is 5.96 Å². The van der Waals surface area contributed by atoms with Gasteiger partial charge < -0.3 is 15.5 Å². The lowest BCUT2D eigenvalue weighted by Gasteiger charge is -2.25. The molecule has 0 aromatic heterocycles. The Morgan fingerprint density at radius 3 is 2.40 bits per heavy atom. The molecule has 0 amide bonds. The number of nitrogens with zero attached hydrogens (tertiary/aromatic N) is 2. The van der Waals surface area contributed by atoms with Crippen molar-refractivity contribution < 1.29 is 0 Å². The number of rotatable bonds is 7. The summed E-state index contributed by atoms with van der Waals surface area (Å²) in [5, 5.41) is 6.96. The van der Waals surface area contributed by atoms with Gasteiger partial charge in [-0.1, -0.05) is 26.7 Å². The number of likely N-dealkylation sites (N-methyl/N-ethyl adjacent to an activating group) is 1. The van der Waals surface area contributed by atoms with Gasteiger partial charge in [-0.3, -0.25) is 4.99 Å². The summed E-state index contributed by atoms with van der Waals surface area (Å²) in [6.45, 7) is 8.48. The van der Waals surface area contributed by atoms with Crippen LogP contribution in [0.25, 0.3) is 0 Å². The third kappa shape index (κ3) is 6.60. The highest BCUT2D eigenvalue weighted by molar-refractivity contribution is 5.80. The van der Waals surface area contributed by atoms with Crippen molar-refractivity contribution in [1.29, 1.82) is 0 Å². The molecule has 118 valence electrons. The zero-order valence-corrected chi connectivity index (χ0v) is 14.1. The van der Waals surface area contributed by atoms with E-state index < -0.39 is 0 Å². The van der Waals surface area contributed by atoms with Crippen LogP contribution in [-0.2, 0) is 0 Å². The molecule has 0 aliphatic heterocycles. The van der Waals surface area contributed by atoms with E-state index in [9.17, 15) is 0 Å². The number of hydrogen-bond acceptors (Lipinski definition) is 2. The molecule has 4 heteroatoms. The Bertz CT molecular complexity index is 280. The quantitative estimate of drug-likeness (QED) is 0.556. The molecule has 0 radical (unpaired) electrons. The van der Waals surface area contributed by atoms with E-state index in [0.717, 1.165) is 19.0 Å². The number of aliphatic imine (C=N–C) groups is 1. The van der Waals surface area contributed by atoms with E-state index in [1.807, 2.05) is 0 Å². The summed E-state index contributed by atoms with van der Waals surface area (Å²) in [6, 6.07) is 1.14. The molecule has 1 rings (SSSR count). The summed E-state index contributed by atoms with van der Waals surface area (Å²) >= 11 is 0. The van der Waals surface area contributed by atoms with Crippen LogP contribution in [0.2, 0.25) is 0 Å². The first-order valence-electron chi connectivity index (χ1n) is 8.24. The van der Waals surface area contributed by atoms with Crippen LogP contribution in [0, 0.1) is 5.92 Å². The van der Waals surface area contributed by atoms with E-state index in [1.165, 1.54) is 32.1 Å². The Balaban J connectivity index is 2.53. The van der Waals surface area contributed by atoms with E-state index in [4.69, 9.17) is 4.99 Å². The van der Waals surface area contributed by atoms with E-state index in [1.54, 1.807) is 0 Å². The van der Waals surface area contributed by atoms with E-state index >= 15 is 0 Å². The van der Waals surface area contributed by atoms with Crippen LogP contribution in [0.4, 0.5) is 0 Å². The molecule has 2 N–H and O–H groups in total. The highest BCUT2D eigenvalue weighted by Gasteiger charge is 2.17. The molecule has 4 nitrogen and oxygen atoms in total. The average molecular weight is 282 g/mol. The third-order valence-electron chi connectivity index (χ3n) is 3.97. The van der Waals surface area contributed by atoms with E-state index in [0.29, 0.717) is 18.0 Å². The zero-order valence-electron chi connectivity index (χ0n) is 14.1. The van der Waals surface area contributed by atoms with Crippen molar-refractivity contribution in [2.75, 3.05) is 27.2 Å². The molecule has 0 saturated heterocycles. The van der Waals surface area contributed by atoms with Crippen LogP contribution in [0.15, 0.2) is 4.99 Å². The van der Waals surface area contributed by atoms with Crippen molar-refractivity contribution in [3.05, 3.63) is 0 Å². The van der Waals surface area contributed by atoms with Crippen molar-refractivity contribution in [1.82, 2.24) is 15.5 Å². The largest absolute Gasteiger partial charge is 0.357 e. The summed E-state index contributed by atoms with van der Waals surface area (Å²) in [4.78, 5) is 7.10. The van der Waals surface area contributed by atoms with Crippen LogP contribution >= 0.6 is 0 Å². The van der Waals surface area contributed by atoms with E-state index in [-0.39, 0.29) is 0 Å². The van der Waals surface area contributed by atoms with Crippen LogP contribution in [0.1, 0.15) is 52.9 Å². The van der Waals surface area contributed by atoms with Gasteiger partial charge in [-0.05, 0) is 46.2 Å². The lowest BCUT2D eigenvalue weighted by atomic mass is 10.0. The van der Waals surface area contributed by atoms with Crippen molar-refractivity contribution in [3.63, 3.8) is 0 Å². The van der Waals surface area contributed by atoms with Gasteiger partial charge in [0.05, 0.1) is 6.54 Å². The molecular weight excluding hydrogens is 248 g/mol. The smallest absolute Gasteiger partial charge is 0.191 e. The summed E-state index contributed by atoms with van der Waals surface area (Å²) in [6.07, 6.45) is 6.47. The Kier molecular flexibility index (Phi) is 7.97. The van der Waals surface area contributed by atoms with E-state index in [2.05, 4.69) is 50.4 Å². The molecule has 0 aromatic carbocycles. The predicted molar refractivity (Wildman–Crippen MR) is 88.3 cm³/mol. The van der Waals surface area contributed by atoms with Gasteiger partial charge in [-0.15, -0.1) is 0 Å². The summed E-state index contributed by atoms with van der Waals surface area (Å²) in [5.74, 6) is 1.71. The lowest BCUT2D eigenvalue weighted by Crippen LogP contribution is -2.43. The minimum Gasteiger partial charge on any atom is -0.357 e. The molecule has 0 heterocycles. The number of hydrogen-bond donors (Lipinski definition) is 2. The SMILES string of the molecule is CCNC(=NCC(CC(C)C)N(C)C)NC1CCCC1. The fourth-order valence-corrected chi connectivity index (χ4v) is 2.77. The second-order valence-corrected chi connectivity index (χ2v) is 6.59. The normalized spacial score (nSPS) is 18.9. The first kappa shape index (κ1) is 17.3. The molecule has 0 bridgehead atoms. The molecule has 1 fully saturated rings. The number of guanidine groups is 1. The van der Waals surface area contributed by atoms with Gasteiger partial charge in [0.2, 0.25) is 0 Å². The maximum atomic E-state index is 4.80. The Hall–Kier alpha value is -0.770. The van der Waals surface area contributed by atoms with Gasteiger partial charge in [0.1, 0.15) is 0 Å². The van der Waals surface area contributed by atoms with Gasteiger partial charge in [-0.25, -0.2) is 0 Å². The van der Waals surface area contributed by atoms with Gasteiger partial charge in [0, 0.05) is 18.6 Å².